The second kappa shape index (κ2) is 63.9. The van der Waals surface area contributed by atoms with Crippen molar-refractivity contribution in [1.29, 1.82) is 0 Å². The van der Waals surface area contributed by atoms with Gasteiger partial charge in [0.25, 0.3) is 0 Å². The third kappa shape index (κ3) is 61.2. The first-order valence-electron chi connectivity index (χ1n) is 32.2. The summed E-state index contributed by atoms with van der Waals surface area (Å²) in [7, 11) is 0. The monoisotopic (exact) mass is 1060 g/mol. The van der Waals surface area contributed by atoms with Gasteiger partial charge < -0.3 is 14.2 Å². The van der Waals surface area contributed by atoms with Crippen molar-refractivity contribution < 1.29 is 28.6 Å². The summed E-state index contributed by atoms with van der Waals surface area (Å²) < 4.78 is 16.9. The fourth-order valence-electron chi connectivity index (χ4n) is 9.01. The molecule has 0 heterocycles. The summed E-state index contributed by atoms with van der Waals surface area (Å²) in [5.74, 6) is -0.911. The fraction of sp³-hybridized carbons (Fsp3) is 0.729. The Balaban J connectivity index is 4.41. The van der Waals surface area contributed by atoms with Crippen LogP contribution in [0.5, 0.6) is 0 Å². The van der Waals surface area contributed by atoms with Gasteiger partial charge in [0.15, 0.2) is 6.10 Å². The zero-order chi connectivity index (χ0) is 55.0. The molecule has 0 N–H and O–H groups in total. The van der Waals surface area contributed by atoms with Crippen LogP contribution in [0.2, 0.25) is 0 Å². The number of esters is 3. The van der Waals surface area contributed by atoms with E-state index in [1.807, 2.05) is 0 Å². The molecule has 6 nitrogen and oxygen atoms in total. The number of allylic oxidation sites excluding steroid dienone is 16. The SMILES string of the molecule is CC/C=C\C/C=C\C/C=C\C/C=C\C/C=C\C/C=C\C/C=C\CCCCCC(=O)OCC(COC(=O)CCCCCCCCCCCCCCCC)OC(=O)CCCCCCCCCCC/C=C\CCCCCCCC. The summed E-state index contributed by atoms with van der Waals surface area (Å²) in [5, 5.41) is 0. The standard InChI is InChI=1S/C70H120O6/c1-4-7-10-13-16-19-22-25-28-30-32-33-34-35-36-37-39-40-42-45-48-51-54-57-60-63-69(72)75-66-67(65-74-68(71)62-59-56-53-50-47-44-27-24-21-18-15-12-9-6-3)76-70(73)64-61-58-55-52-49-46-43-41-38-31-29-26-23-20-17-14-11-8-5-2/h7,10,16,19,25-26,28-29,32-33,35-36,39-40,45,48,67H,4-6,8-9,11-15,17-18,20-24,27,30-31,34,37-38,41-44,46-47,49-66H2,1-3H3/b10-7-,19-16-,28-25-,29-26-,33-32-,36-35-,40-39-,48-45-. The van der Waals surface area contributed by atoms with E-state index in [2.05, 4.69) is 118 Å². The normalized spacial score (nSPS) is 12.7. The van der Waals surface area contributed by atoms with E-state index in [9.17, 15) is 14.4 Å². The van der Waals surface area contributed by atoms with Gasteiger partial charge in [-0.1, -0.05) is 285 Å². The van der Waals surface area contributed by atoms with Crippen molar-refractivity contribution in [1.82, 2.24) is 0 Å². The van der Waals surface area contributed by atoms with Gasteiger partial charge in [-0.2, -0.15) is 0 Å². The Morgan fingerprint density at radius 1 is 0.276 bits per heavy atom. The van der Waals surface area contributed by atoms with Gasteiger partial charge in [-0.15, -0.1) is 0 Å². The highest BCUT2D eigenvalue weighted by atomic mass is 16.6. The van der Waals surface area contributed by atoms with Crippen LogP contribution in [0.1, 0.15) is 310 Å². The van der Waals surface area contributed by atoms with Crippen molar-refractivity contribution in [3.05, 3.63) is 97.2 Å². The van der Waals surface area contributed by atoms with Gasteiger partial charge in [0, 0.05) is 19.3 Å². The first kappa shape index (κ1) is 72.3. The van der Waals surface area contributed by atoms with Gasteiger partial charge in [-0.05, 0) is 103 Å². The van der Waals surface area contributed by atoms with Gasteiger partial charge in [-0.25, -0.2) is 0 Å². The number of unbranched alkanes of at least 4 members (excludes halogenated alkanes) is 31. The van der Waals surface area contributed by atoms with Crippen LogP contribution in [0.15, 0.2) is 97.2 Å². The molecule has 0 saturated heterocycles. The molecular formula is C70H120O6. The van der Waals surface area contributed by atoms with E-state index >= 15 is 0 Å². The summed E-state index contributed by atoms with van der Waals surface area (Å²) >= 11 is 0. The Hall–Kier alpha value is -3.67. The minimum atomic E-state index is -0.793. The highest BCUT2D eigenvalue weighted by Gasteiger charge is 2.19. The van der Waals surface area contributed by atoms with Crippen LogP contribution in [-0.4, -0.2) is 37.2 Å². The van der Waals surface area contributed by atoms with Gasteiger partial charge in [-0.3, -0.25) is 14.4 Å². The van der Waals surface area contributed by atoms with Crippen LogP contribution in [0, 0.1) is 0 Å². The molecule has 0 fully saturated rings. The molecule has 436 valence electrons. The molecule has 1 atom stereocenters. The van der Waals surface area contributed by atoms with E-state index in [1.54, 1.807) is 0 Å². The lowest BCUT2D eigenvalue weighted by Gasteiger charge is -2.18. The predicted octanol–water partition coefficient (Wildman–Crippen LogP) is 22.0. The Labute approximate surface area is 470 Å². The minimum Gasteiger partial charge on any atom is -0.462 e. The highest BCUT2D eigenvalue weighted by molar-refractivity contribution is 5.71. The summed E-state index contributed by atoms with van der Waals surface area (Å²) in [6, 6.07) is 0. The van der Waals surface area contributed by atoms with Crippen LogP contribution >= 0.6 is 0 Å². The maximum atomic E-state index is 12.9. The largest absolute Gasteiger partial charge is 0.462 e. The number of ether oxygens (including phenoxy) is 3. The fourth-order valence-corrected chi connectivity index (χ4v) is 9.01. The summed E-state index contributed by atoms with van der Waals surface area (Å²) in [4.78, 5) is 38.3. The lowest BCUT2D eigenvalue weighted by molar-refractivity contribution is -0.167. The molecule has 0 aromatic heterocycles. The molecule has 0 amide bonds. The van der Waals surface area contributed by atoms with Gasteiger partial charge in [0.05, 0.1) is 0 Å². The zero-order valence-corrected chi connectivity index (χ0v) is 50.0. The van der Waals surface area contributed by atoms with Crippen molar-refractivity contribution in [3.8, 4) is 0 Å². The Bertz CT molecular complexity index is 1490. The van der Waals surface area contributed by atoms with Crippen molar-refractivity contribution in [2.75, 3.05) is 13.2 Å². The number of hydrogen-bond donors (Lipinski definition) is 0. The molecule has 0 bridgehead atoms. The second-order valence-electron chi connectivity index (χ2n) is 21.3. The first-order chi connectivity index (χ1) is 37.5. The first-order valence-corrected chi connectivity index (χ1v) is 32.2. The molecule has 0 aliphatic carbocycles. The number of hydrogen-bond acceptors (Lipinski definition) is 6. The molecule has 0 saturated carbocycles. The molecule has 0 aromatic carbocycles. The van der Waals surface area contributed by atoms with Gasteiger partial charge >= 0.3 is 17.9 Å². The van der Waals surface area contributed by atoms with Crippen molar-refractivity contribution in [3.63, 3.8) is 0 Å². The lowest BCUT2D eigenvalue weighted by atomic mass is 10.0. The third-order valence-electron chi connectivity index (χ3n) is 13.8. The van der Waals surface area contributed by atoms with Crippen molar-refractivity contribution >= 4 is 17.9 Å². The summed E-state index contributed by atoms with van der Waals surface area (Å²) in [6.07, 6.45) is 85.5. The van der Waals surface area contributed by atoms with Crippen molar-refractivity contribution in [2.45, 2.75) is 316 Å². The van der Waals surface area contributed by atoms with Crippen LogP contribution in [-0.2, 0) is 28.6 Å². The second-order valence-corrected chi connectivity index (χ2v) is 21.3. The van der Waals surface area contributed by atoms with Crippen LogP contribution < -0.4 is 0 Å². The quantitative estimate of drug-likeness (QED) is 0.0261. The Kier molecular flexibility index (Phi) is 60.8. The smallest absolute Gasteiger partial charge is 0.306 e. The lowest BCUT2D eigenvalue weighted by Crippen LogP contribution is -2.30. The van der Waals surface area contributed by atoms with Crippen molar-refractivity contribution in [2.24, 2.45) is 0 Å². The average molecular weight is 1060 g/mol. The van der Waals surface area contributed by atoms with Gasteiger partial charge in [0.2, 0.25) is 0 Å². The van der Waals surface area contributed by atoms with E-state index in [1.165, 1.54) is 161 Å². The number of carbonyl (C=O) groups excluding carboxylic acids is 3. The molecule has 0 rings (SSSR count). The number of carbonyl (C=O) groups is 3. The molecule has 1 unspecified atom stereocenters. The molecule has 0 aromatic rings. The van der Waals surface area contributed by atoms with E-state index in [0.29, 0.717) is 19.3 Å². The maximum Gasteiger partial charge on any atom is 0.306 e. The summed E-state index contributed by atoms with van der Waals surface area (Å²) in [5.41, 5.74) is 0. The Morgan fingerprint density at radius 3 is 0.829 bits per heavy atom. The van der Waals surface area contributed by atoms with Crippen LogP contribution in [0.4, 0.5) is 0 Å². The predicted molar refractivity (Wildman–Crippen MR) is 330 cm³/mol. The topological polar surface area (TPSA) is 78.9 Å². The molecule has 0 spiro atoms. The molecule has 6 heteroatoms. The zero-order valence-electron chi connectivity index (χ0n) is 50.0. The highest BCUT2D eigenvalue weighted by Crippen LogP contribution is 2.16. The van der Waals surface area contributed by atoms with Crippen LogP contribution in [0.25, 0.3) is 0 Å². The summed E-state index contributed by atoms with van der Waals surface area (Å²) in [6.45, 7) is 6.52. The van der Waals surface area contributed by atoms with E-state index in [0.717, 1.165) is 109 Å². The van der Waals surface area contributed by atoms with E-state index in [4.69, 9.17) is 14.2 Å². The third-order valence-corrected chi connectivity index (χ3v) is 13.8. The van der Waals surface area contributed by atoms with E-state index < -0.39 is 6.10 Å². The molecule has 76 heavy (non-hydrogen) atoms. The molecule has 0 aliphatic rings. The molecule has 0 aliphatic heterocycles. The maximum absolute atomic E-state index is 12.9. The molecule has 0 radical (unpaired) electrons. The minimum absolute atomic E-state index is 0.0865. The molecular weight excluding hydrogens is 937 g/mol. The van der Waals surface area contributed by atoms with Gasteiger partial charge in [0.1, 0.15) is 13.2 Å². The Morgan fingerprint density at radius 2 is 0.513 bits per heavy atom. The van der Waals surface area contributed by atoms with Crippen LogP contribution in [0.3, 0.4) is 0 Å². The number of rotatable bonds is 58. The van der Waals surface area contributed by atoms with E-state index in [-0.39, 0.29) is 31.1 Å². The average Bonchev–Trinajstić information content (AvgIpc) is 3.42.